The number of nitrogens with zero attached hydrogens (tertiary/aromatic N) is 2. The lowest BCUT2D eigenvalue weighted by Gasteiger charge is -2.13. The highest BCUT2D eigenvalue weighted by Crippen LogP contribution is 2.16. The molecule has 0 fully saturated rings. The Hall–Kier alpha value is -1.35. The SMILES string of the molecule is CCc1nc(CNC(=NC)NCc2ccccc2OC)cs1.I. The number of aliphatic imine (C=N–C) groups is 1. The van der Waals surface area contributed by atoms with Gasteiger partial charge >= 0.3 is 0 Å². The number of guanidine groups is 1. The van der Waals surface area contributed by atoms with Crippen LogP contribution in [0.1, 0.15) is 23.2 Å². The van der Waals surface area contributed by atoms with E-state index in [0.717, 1.165) is 34.4 Å². The second-order valence-electron chi connectivity index (χ2n) is 4.68. The first-order valence-corrected chi connectivity index (χ1v) is 8.14. The number of hydrogen-bond acceptors (Lipinski definition) is 4. The van der Waals surface area contributed by atoms with Crippen molar-refractivity contribution in [1.82, 2.24) is 15.6 Å². The second-order valence-corrected chi connectivity index (χ2v) is 5.62. The summed E-state index contributed by atoms with van der Waals surface area (Å²) in [5.41, 5.74) is 2.14. The zero-order valence-electron chi connectivity index (χ0n) is 13.6. The molecule has 2 N–H and O–H groups in total. The zero-order chi connectivity index (χ0) is 15.8. The number of benzene rings is 1. The van der Waals surface area contributed by atoms with Crippen molar-refractivity contribution >= 4 is 41.3 Å². The van der Waals surface area contributed by atoms with E-state index < -0.39 is 0 Å². The average Bonchev–Trinajstić information content (AvgIpc) is 3.03. The van der Waals surface area contributed by atoms with E-state index in [4.69, 9.17) is 4.74 Å². The third-order valence-electron chi connectivity index (χ3n) is 3.20. The summed E-state index contributed by atoms with van der Waals surface area (Å²) in [6.45, 7) is 3.44. The number of ether oxygens (including phenoxy) is 1. The minimum atomic E-state index is 0. The van der Waals surface area contributed by atoms with E-state index in [-0.39, 0.29) is 24.0 Å². The van der Waals surface area contributed by atoms with Crippen molar-refractivity contribution in [2.24, 2.45) is 4.99 Å². The molecule has 0 saturated heterocycles. The Balaban J connectivity index is 0.00000264. The molecule has 1 heterocycles. The van der Waals surface area contributed by atoms with Crippen LogP contribution in [0.4, 0.5) is 0 Å². The van der Waals surface area contributed by atoms with Crippen molar-refractivity contribution in [2.75, 3.05) is 14.2 Å². The molecule has 0 saturated carbocycles. The molecular formula is C16H23IN4OS. The first-order valence-electron chi connectivity index (χ1n) is 7.26. The van der Waals surface area contributed by atoms with Crippen molar-refractivity contribution in [3.63, 3.8) is 0 Å². The van der Waals surface area contributed by atoms with Gasteiger partial charge in [-0.1, -0.05) is 25.1 Å². The fourth-order valence-electron chi connectivity index (χ4n) is 2.02. The Morgan fingerprint density at radius 2 is 2.00 bits per heavy atom. The van der Waals surface area contributed by atoms with Gasteiger partial charge in [-0.05, 0) is 12.5 Å². The Kier molecular flexibility index (Phi) is 8.93. The van der Waals surface area contributed by atoms with Crippen molar-refractivity contribution in [3.8, 4) is 5.75 Å². The van der Waals surface area contributed by atoms with Gasteiger partial charge in [0, 0.05) is 24.5 Å². The van der Waals surface area contributed by atoms with Crippen LogP contribution in [0.2, 0.25) is 0 Å². The molecule has 23 heavy (non-hydrogen) atoms. The topological polar surface area (TPSA) is 58.5 Å². The van der Waals surface area contributed by atoms with Gasteiger partial charge in [0.1, 0.15) is 5.75 Å². The molecule has 0 unspecified atom stereocenters. The maximum absolute atomic E-state index is 5.35. The highest BCUT2D eigenvalue weighted by molar-refractivity contribution is 14.0. The molecule has 2 rings (SSSR count). The summed E-state index contributed by atoms with van der Waals surface area (Å²) in [5, 5.41) is 9.80. The first kappa shape index (κ1) is 19.7. The summed E-state index contributed by atoms with van der Waals surface area (Å²) in [7, 11) is 3.44. The molecule has 126 valence electrons. The molecule has 0 bridgehead atoms. The monoisotopic (exact) mass is 446 g/mol. The zero-order valence-corrected chi connectivity index (χ0v) is 16.8. The first-order chi connectivity index (χ1) is 10.8. The summed E-state index contributed by atoms with van der Waals surface area (Å²) < 4.78 is 5.35. The second kappa shape index (κ2) is 10.4. The molecular weight excluding hydrogens is 423 g/mol. The third kappa shape index (κ3) is 5.98. The Labute approximate surface area is 158 Å². The van der Waals surface area contributed by atoms with Crippen molar-refractivity contribution in [3.05, 3.63) is 45.9 Å². The molecule has 0 aliphatic heterocycles. The Bertz CT molecular complexity index is 630. The van der Waals surface area contributed by atoms with Gasteiger partial charge in [-0.2, -0.15) is 0 Å². The standard InChI is InChI=1S/C16H22N4OS.HI/c1-4-15-20-13(11-22-15)10-19-16(17-2)18-9-12-7-5-6-8-14(12)21-3;/h5-8,11H,4,9-10H2,1-3H3,(H2,17,18,19);1H. The third-order valence-corrected chi connectivity index (χ3v) is 4.24. The minimum absolute atomic E-state index is 0. The molecule has 0 radical (unpaired) electrons. The number of para-hydroxylation sites is 1. The molecule has 7 heteroatoms. The van der Waals surface area contributed by atoms with Crippen molar-refractivity contribution in [1.29, 1.82) is 0 Å². The molecule has 2 aromatic rings. The maximum atomic E-state index is 5.35. The summed E-state index contributed by atoms with van der Waals surface area (Å²) in [5.74, 6) is 1.62. The molecule has 1 aromatic carbocycles. The van der Waals surface area contributed by atoms with Crippen LogP contribution in [0.5, 0.6) is 5.75 Å². The van der Waals surface area contributed by atoms with Crippen LogP contribution in [-0.4, -0.2) is 25.1 Å². The number of thiazole rings is 1. The normalized spacial score (nSPS) is 10.8. The molecule has 0 aliphatic carbocycles. The fourth-order valence-corrected chi connectivity index (χ4v) is 2.76. The fraction of sp³-hybridized carbons (Fsp3) is 0.375. The van der Waals surface area contributed by atoms with E-state index in [0.29, 0.717) is 13.1 Å². The minimum Gasteiger partial charge on any atom is -0.496 e. The average molecular weight is 446 g/mol. The Morgan fingerprint density at radius 1 is 1.26 bits per heavy atom. The largest absolute Gasteiger partial charge is 0.496 e. The predicted octanol–water partition coefficient (Wildman–Crippen LogP) is 3.20. The lowest BCUT2D eigenvalue weighted by Crippen LogP contribution is -2.36. The van der Waals surface area contributed by atoms with Crippen LogP contribution in [0.25, 0.3) is 0 Å². The van der Waals surface area contributed by atoms with Crippen molar-refractivity contribution in [2.45, 2.75) is 26.4 Å². The van der Waals surface area contributed by atoms with Gasteiger partial charge in [0.25, 0.3) is 0 Å². The van der Waals surface area contributed by atoms with E-state index in [1.54, 1.807) is 25.5 Å². The maximum Gasteiger partial charge on any atom is 0.191 e. The van der Waals surface area contributed by atoms with Crippen LogP contribution in [-0.2, 0) is 19.5 Å². The molecule has 1 aromatic heterocycles. The number of hydrogen-bond donors (Lipinski definition) is 2. The van der Waals surface area contributed by atoms with Crippen molar-refractivity contribution < 1.29 is 4.74 Å². The quantitative estimate of drug-likeness (QED) is 0.407. The van der Waals surface area contributed by atoms with Crippen LogP contribution < -0.4 is 15.4 Å². The lowest BCUT2D eigenvalue weighted by molar-refractivity contribution is 0.409. The number of halogens is 1. The van der Waals surface area contributed by atoms with Crippen LogP contribution in [0, 0.1) is 0 Å². The van der Waals surface area contributed by atoms with E-state index in [1.165, 1.54) is 0 Å². The number of rotatable bonds is 6. The van der Waals surface area contributed by atoms with E-state index >= 15 is 0 Å². The highest BCUT2D eigenvalue weighted by Gasteiger charge is 2.05. The van der Waals surface area contributed by atoms with Gasteiger partial charge in [0.15, 0.2) is 5.96 Å². The van der Waals surface area contributed by atoms with E-state index in [2.05, 4.69) is 32.9 Å². The van der Waals surface area contributed by atoms with Crippen LogP contribution in [0.15, 0.2) is 34.6 Å². The van der Waals surface area contributed by atoms with Crippen LogP contribution in [0.3, 0.4) is 0 Å². The number of nitrogens with one attached hydrogen (secondary N) is 2. The van der Waals surface area contributed by atoms with Gasteiger partial charge in [0.2, 0.25) is 0 Å². The van der Waals surface area contributed by atoms with Gasteiger partial charge in [-0.15, -0.1) is 35.3 Å². The summed E-state index contributed by atoms with van der Waals surface area (Å²) >= 11 is 1.70. The van der Waals surface area contributed by atoms with E-state index in [9.17, 15) is 0 Å². The predicted molar refractivity (Wildman–Crippen MR) is 107 cm³/mol. The van der Waals surface area contributed by atoms with Crippen LogP contribution >= 0.6 is 35.3 Å². The van der Waals surface area contributed by atoms with Gasteiger partial charge < -0.3 is 15.4 Å². The molecule has 0 spiro atoms. The van der Waals surface area contributed by atoms with Gasteiger partial charge in [-0.25, -0.2) is 4.98 Å². The summed E-state index contributed by atoms with van der Waals surface area (Å²) in [6.07, 6.45) is 0.978. The molecule has 0 atom stereocenters. The number of aryl methyl sites for hydroxylation is 1. The summed E-state index contributed by atoms with van der Waals surface area (Å²) in [4.78, 5) is 8.76. The highest BCUT2D eigenvalue weighted by atomic mass is 127. The van der Waals surface area contributed by atoms with E-state index in [1.807, 2.05) is 24.3 Å². The molecule has 0 aliphatic rings. The number of aromatic nitrogens is 1. The smallest absolute Gasteiger partial charge is 0.191 e. The molecule has 0 amide bonds. The number of methoxy groups -OCH3 is 1. The molecule has 5 nitrogen and oxygen atoms in total. The Morgan fingerprint density at radius 3 is 2.65 bits per heavy atom. The van der Waals surface area contributed by atoms with Gasteiger partial charge in [-0.3, -0.25) is 4.99 Å². The summed E-state index contributed by atoms with van der Waals surface area (Å²) in [6, 6.07) is 7.95. The van der Waals surface area contributed by atoms with Gasteiger partial charge in [0.05, 0.1) is 24.4 Å². The lowest BCUT2D eigenvalue weighted by atomic mass is 10.2.